The van der Waals surface area contributed by atoms with Crippen molar-refractivity contribution in [3.05, 3.63) is 53.6 Å². The molecule has 0 aromatic heterocycles. The van der Waals surface area contributed by atoms with E-state index in [1.165, 1.54) is 0 Å². The van der Waals surface area contributed by atoms with Crippen LogP contribution in [0, 0.1) is 6.92 Å². The van der Waals surface area contributed by atoms with Gasteiger partial charge in [-0.1, -0.05) is 18.2 Å². The van der Waals surface area contributed by atoms with Gasteiger partial charge in [0.05, 0.1) is 7.11 Å². The number of aryl methyl sites for hydroxylation is 1. The molecule has 0 radical (unpaired) electrons. The highest BCUT2D eigenvalue weighted by Gasteiger charge is 2.03. The van der Waals surface area contributed by atoms with Crippen molar-refractivity contribution in [3.63, 3.8) is 0 Å². The van der Waals surface area contributed by atoms with E-state index in [1.54, 1.807) is 25.3 Å². The molecule has 22 heavy (non-hydrogen) atoms. The third kappa shape index (κ3) is 4.41. The van der Waals surface area contributed by atoms with Crippen LogP contribution >= 0.6 is 0 Å². The second kappa shape index (κ2) is 7.36. The molecule has 0 aliphatic carbocycles. The predicted molar refractivity (Wildman–Crippen MR) is 86.6 cm³/mol. The average Bonchev–Trinajstić information content (AvgIpc) is 2.51. The molecule has 0 fully saturated rings. The van der Waals surface area contributed by atoms with Gasteiger partial charge in [-0.05, 0) is 42.7 Å². The SMILES string of the molecule is COc1cccc(NC(=O)NCCc2ccc(C)c(O)c2)c1. The van der Waals surface area contributed by atoms with E-state index in [0.717, 1.165) is 11.1 Å². The molecule has 5 nitrogen and oxygen atoms in total. The Labute approximate surface area is 129 Å². The first-order chi connectivity index (χ1) is 10.6. The topological polar surface area (TPSA) is 70.6 Å². The summed E-state index contributed by atoms with van der Waals surface area (Å²) in [6.45, 7) is 2.33. The molecule has 2 rings (SSSR count). The van der Waals surface area contributed by atoms with Gasteiger partial charge in [0, 0.05) is 18.3 Å². The molecule has 3 N–H and O–H groups in total. The highest BCUT2D eigenvalue weighted by atomic mass is 16.5. The molecule has 0 atom stereocenters. The Bertz CT molecular complexity index is 656. The number of ether oxygens (including phenoxy) is 1. The number of nitrogens with one attached hydrogen (secondary N) is 2. The van der Waals surface area contributed by atoms with Crippen LogP contribution in [0.5, 0.6) is 11.5 Å². The second-order valence-corrected chi connectivity index (χ2v) is 4.98. The molecule has 0 unspecified atom stereocenters. The van der Waals surface area contributed by atoms with Crippen LogP contribution in [-0.4, -0.2) is 24.8 Å². The van der Waals surface area contributed by atoms with Crippen LogP contribution in [0.3, 0.4) is 0 Å². The Morgan fingerprint density at radius 2 is 2.05 bits per heavy atom. The molecule has 2 amide bonds. The number of methoxy groups -OCH3 is 1. The third-order valence-corrected chi connectivity index (χ3v) is 3.30. The van der Waals surface area contributed by atoms with Crippen LogP contribution in [0.1, 0.15) is 11.1 Å². The predicted octanol–water partition coefficient (Wildman–Crippen LogP) is 3.07. The van der Waals surface area contributed by atoms with Crippen molar-refractivity contribution in [1.82, 2.24) is 5.32 Å². The molecule has 5 heteroatoms. The number of aromatic hydroxyl groups is 1. The Morgan fingerprint density at radius 1 is 1.23 bits per heavy atom. The average molecular weight is 300 g/mol. The lowest BCUT2D eigenvalue weighted by atomic mass is 10.1. The zero-order valence-electron chi connectivity index (χ0n) is 12.7. The maximum absolute atomic E-state index is 11.8. The Hall–Kier alpha value is -2.69. The van der Waals surface area contributed by atoms with Crippen molar-refractivity contribution in [1.29, 1.82) is 0 Å². The Kier molecular flexibility index (Phi) is 5.25. The van der Waals surface area contributed by atoms with Crippen molar-refractivity contribution in [2.45, 2.75) is 13.3 Å². The van der Waals surface area contributed by atoms with E-state index in [9.17, 15) is 9.90 Å². The van der Waals surface area contributed by atoms with Crippen molar-refractivity contribution in [3.8, 4) is 11.5 Å². The van der Waals surface area contributed by atoms with Gasteiger partial charge in [0.15, 0.2) is 0 Å². The molecule has 0 heterocycles. The summed E-state index contributed by atoms with van der Waals surface area (Å²) in [7, 11) is 1.58. The van der Waals surface area contributed by atoms with Gasteiger partial charge in [0.1, 0.15) is 11.5 Å². The number of amides is 2. The van der Waals surface area contributed by atoms with E-state index in [2.05, 4.69) is 10.6 Å². The molecule has 0 spiro atoms. The van der Waals surface area contributed by atoms with Crippen LogP contribution in [0.4, 0.5) is 10.5 Å². The van der Waals surface area contributed by atoms with Crippen LogP contribution in [0.2, 0.25) is 0 Å². The first-order valence-electron chi connectivity index (χ1n) is 7.06. The molecule has 0 saturated carbocycles. The number of anilines is 1. The molecule has 116 valence electrons. The summed E-state index contributed by atoms with van der Waals surface area (Å²) in [5.74, 6) is 0.964. The fourth-order valence-electron chi connectivity index (χ4n) is 2.01. The highest BCUT2D eigenvalue weighted by Crippen LogP contribution is 2.18. The minimum atomic E-state index is -0.274. The molecule has 2 aromatic rings. The number of carbonyl (C=O) groups excluding carboxylic acids is 1. The summed E-state index contributed by atoms with van der Waals surface area (Å²) in [4.78, 5) is 11.8. The highest BCUT2D eigenvalue weighted by molar-refractivity contribution is 5.89. The lowest BCUT2D eigenvalue weighted by molar-refractivity contribution is 0.252. The molecule has 0 saturated heterocycles. The maximum Gasteiger partial charge on any atom is 0.319 e. The first-order valence-corrected chi connectivity index (χ1v) is 7.06. The van der Waals surface area contributed by atoms with Crippen LogP contribution in [-0.2, 0) is 6.42 Å². The summed E-state index contributed by atoms with van der Waals surface area (Å²) >= 11 is 0. The number of hydrogen-bond donors (Lipinski definition) is 3. The smallest absolute Gasteiger partial charge is 0.319 e. The minimum Gasteiger partial charge on any atom is -0.508 e. The van der Waals surface area contributed by atoms with Crippen molar-refractivity contribution >= 4 is 11.7 Å². The molecule has 2 aromatic carbocycles. The van der Waals surface area contributed by atoms with Gasteiger partial charge in [-0.3, -0.25) is 0 Å². The summed E-state index contributed by atoms with van der Waals surface area (Å²) in [6.07, 6.45) is 0.652. The third-order valence-electron chi connectivity index (χ3n) is 3.30. The number of rotatable bonds is 5. The first kappa shape index (κ1) is 15.7. The van der Waals surface area contributed by atoms with E-state index >= 15 is 0 Å². The van der Waals surface area contributed by atoms with Crippen LogP contribution in [0.15, 0.2) is 42.5 Å². The van der Waals surface area contributed by atoms with Gasteiger partial charge < -0.3 is 20.5 Å². The summed E-state index contributed by atoms with van der Waals surface area (Å²) in [5.41, 5.74) is 2.49. The standard InChI is InChI=1S/C17H20N2O3/c1-12-6-7-13(10-16(12)20)8-9-18-17(21)19-14-4-3-5-15(11-14)22-2/h3-7,10-11,20H,8-9H2,1-2H3,(H2,18,19,21). The van der Waals surface area contributed by atoms with E-state index in [-0.39, 0.29) is 11.8 Å². The molecule has 0 aliphatic rings. The molecular formula is C17H20N2O3. The van der Waals surface area contributed by atoms with Gasteiger partial charge in [-0.15, -0.1) is 0 Å². The maximum atomic E-state index is 11.8. The van der Waals surface area contributed by atoms with Gasteiger partial charge in [-0.25, -0.2) is 4.79 Å². The molecular weight excluding hydrogens is 280 g/mol. The minimum absolute atomic E-state index is 0.274. The van der Waals surface area contributed by atoms with Crippen molar-refractivity contribution in [2.24, 2.45) is 0 Å². The fraction of sp³-hybridized carbons (Fsp3) is 0.235. The van der Waals surface area contributed by atoms with E-state index < -0.39 is 0 Å². The second-order valence-electron chi connectivity index (χ2n) is 4.98. The quantitative estimate of drug-likeness (QED) is 0.794. The number of benzene rings is 2. The van der Waals surface area contributed by atoms with Gasteiger partial charge in [0.25, 0.3) is 0 Å². The summed E-state index contributed by atoms with van der Waals surface area (Å²) in [5, 5.41) is 15.2. The Morgan fingerprint density at radius 3 is 2.77 bits per heavy atom. The monoisotopic (exact) mass is 300 g/mol. The summed E-state index contributed by atoms with van der Waals surface area (Å²) in [6, 6.07) is 12.4. The zero-order chi connectivity index (χ0) is 15.9. The number of urea groups is 1. The van der Waals surface area contributed by atoms with E-state index in [0.29, 0.717) is 24.4 Å². The van der Waals surface area contributed by atoms with E-state index in [4.69, 9.17) is 4.74 Å². The van der Waals surface area contributed by atoms with Crippen LogP contribution in [0.25, 0.3) is 0 Å². The van der Waals surface area contributed by atoms with Gasteiger partial charge >= 0.3 is 6.03 Å². The number of hydrogen-bond acceptors (Lipinski definition) is 3. The lowest BCUT2D eigenvalue weighted by Gasteiger charge is -2.09. The van der Waals surface area contributed by atoms with Crippen molar-refractivity contribution in [2.75, 3.05) is 19.0 Å². The molecule has 0 aliphatic heterocycles. The number of phenolic OH excluding ortho intramolecular Hbond substituents is 1. The number of phenols is 1. The van der Waals surface area contributed by atoms with Gasteiger partial charge in [0.2, 0.25) is 0 Å². The van der Waals surface area contributed by atoms with Gasteiger partial charge in [-0.2, -0.15) is 0 Å². The number of carbonyl (C=O) groups is 1. The lowest BCUT2D eigenvalue weighted by Crippen LogP contribution is -2.30. The zero-order valence-corrected chi connectivity index (χ0v) is 12.7. The summed E-state index contributed by atoms with van der Waals surface area (Å²) < 4.78 is 5.10. The largest absolute Gasteiger partial charge is 0.508 e. The normalized spacial score (nSPS) is 10.1. The Balaban J connectivity index is 1.81. The van der Waals surface area contributed by atoms with E-state index in [1.807, 2.05) is 31.2 Å². The van der Waals surface area contributed by atoms with Crippen molar-refractivity contribution < 1.29 is 14.6 Å². The fourth-order valence-corrected chi connectivity index (χ4v) is 2.01. The van der Waals surface area contributed by atoms with Crippen LogP contribution < -0.4 is 15.4 Å². The molecule has 0 bridgehead atoms.